The number of likely N-dealkylation sites (tertiary alicyclic amines) is 1. The summed E-state index contributed by atoms with van der Waals surface area (Å²) in [5.41, 5.74) is 1.52. The Hall–Kier alpha value is -2.34. The first-order valence-electron chi connectivity index (χ1n) is 9.10. The highest BCUT2D eigenvalue weighted by atomic mass is 32.2. The molecule has 6 heteroatoms. The standard InChI is InChI=1S/C21H25NO4S/c1-15(2)26-20-10-9-18(27(3,24)25)13-19(20)21(23)22-12-11-17(14-22)16-7-5-4-6-8-16/h4-10,13,15,17H,11-12,14H2,1-3H3. The van der Waals surface area contributed by atoms with Crippen LogP contribution in [0.4, 0.5) is 0 Å². The van der Waals surface area contributed by atoms with E-state index in [1.165, 1.54) is 17.7 Å². The van der Waals surface area contributed by atoms with Gasteiger partial charge in [0.15, 0.2) is 9.84 Å². The third kappa shape index (κ3) is 4.50. The van der Waals surface area contributed by atoms with Gasteiger partial charge >= 0.3 is 0 Å². The van der Waals surface area contributed by atoms with Crippen LogP contribution in [0.2, 0.25) is 0 Å². The lowest BCUT2D eigenvalue weighted by atomic mass is 9.99. The lowest BCUT2D eigenvalue weighted by Gasteiger charge is -2.20. The third-order valence-corrected chi connectivity index (χ3v) is 5.83. The topological polar surface area (TPSA) is 63.7 Å². The molecule has 27 heavy (non-hydrogen) atoms. The molecule has 1 saturated heterocycles. The molecule has 2 aromatic carbocycles. The van der Waals surface area contributed by atoms with Crippen LogP contribution in [-0.2, 0) is 9.84 Å². The molecule has 0 aliphatic carbocycles. The van der Waals surface area contributed by atoms with Gasteiger partial charge in [0.1, 0.15) is 5.75 Å². The molecule has 0 radical (unpaired) electrons. The summed E-state index contributed by atoms with van der Waals surface area (Å²) in [5.74, 6) is 0.530. The molecule has 5 nitrogen and oxygen atoms in total. The minimum atomic E-state index is -3.41. The smallest absolute Gasteiger partial charge is 0.257 e. The fraction of sp³-hybridized carbons (Fsp3) is 0.381. The van der Waals surface area contributed by atoms with Crippen molar-refractivity contribution < 1.29 is 17.9 Å². The van der Waals surface area contributed by atoms with Crippen molar-refractivity contribution in [1.82, 2.24) is 4.90 Å². The van der Waals surface area contributed by atoms with Gasteiger partial charge in [0.2, 0.25) is 0 Å². The van der Waals surface area contributed by atoms with Crippen molar-refractivity contribution in [2.24, 2.45) is 0 Å². The monoisotopic (exact) mass is 387 g/mol. The molecule has 1 atom stereocenters. The van der Waals surface area contributed by atoms with E-state index < -0.39 is 9.84 Å². The van der Waals surface area contributed by atoms with Gasteiger partial charge in [0, 0.05) is 25.3 Å². The van der Waals surface area contributed by atoms with Crippen LogP contribution in [0, 0.1) is 0 Å². The summed E-state index contributed by atoms with van der Waals surface area (Å²) in [6.07, 6.45) is 1.92. The molecule has 0 saturated carbocycles. The second-order valence-corrected chi connectivity index (χ2v) is 9.26. The number of hydrogen-bond donors (Lipinski definition) is 0. The molecule has 1 amide bonds. The van der Waals surface area contributed by atoms with E-state index in [0.717, 1.165) is 12.7 Å². The highest BCUT2D eigenvalue weighted by Crippen LogP contribution is 2.31. The Morgan fingerprint density at radius 1 is 1.15 bits per heavy atom. The van der Waals surface area contributed by atoms with Crippen molar-refractivity contribution >= 4 is 15.7 Å². The first-order valence-corrected chi connectivity index (χ1v) is 11.0. The van der Waals surface area contributed by atoms with Gasteiger partial charge in [-0.05, 0) is 44.0 Å². The van der Waals surface area contributed by atoms with Crippen molar-refractivity contribution in [1.29, 1.82) is 0 Å². The normalized spacial score (nSPS) is 17.3. The fourth-order valence-corrected chi connectivity index (χ4v) is 4.02. The Balaban J connectivity index is 1.89. The van der Waals surface area contributed by atoms with Gasteiger partial charge in [-0.25, -0.2) is 8.42 Å². The summed E-state index contributed by atoms with van der Waals surface area (Å²) in [6.45, 7) is 5.01. The summed E-state index contributed by atoms with van der Waals surface area (Å²) in [5, 5.41) is 0. The number of sulfone groups is 1. The zero-order valence-electron chi connectivity index (χ0n) is 15.9. The molecule has 0 N–H and O–H groups in total. The number of ether oxygens (including phenoxy) is 1. The predicted molar refractivity (Wildman–Crippen MR) is 105 cm³/mol. The Morgan fingerprint density at radius 3 is 2.48 bits per heavy atom. The van der Waals surface area contributed by atoms with Crippen molar-refractivity contribution in [3.63, 3.8) is 0 Å². The number of nitrogens with zero attached hydrogens (tertiary/aromatic N) is 1. The summed E-state index contributed by atoms with van der Waals surface area (Å²) >= 11 is 0. The van der Waals surface area contributed by atoms with Crippen LogP contribution < -0.4 is 4.74 Å². The van der Waals surface area contributed by atoms with Gasteiger partial charge in [-0.1, -0.05) is 30.3 Å². The van der Waals surface area contributed by atoms with Crippen molar-refractivity contribution in [3.8, 4) is 5.75 Å². The Kier molecular flexibility index (Phi) is 5.56. The van der Waals surface area contributed by atoms with Gasteiger partial charge in [0.25, 0.3) is 5.91 Å². The third-order valence-electron chi connectivity index (χ3n) is 4.72. The van der Waals surface area contributed by atoms with Crippen LogP contribution in [0.3, 0.4) is 0 Å². The second kappa shape index (κ2) is 7.72. The van der Waals surface area contributed by atoms with E-state index in [1.807, 2.05) is 32.0 Å². The molecule has 0 spiro atoms. The number of hydrogen-bond acceptors (Lipinski definition) is 4. The maximum absolute atomic E-state index is 13.2. The Labute approximate surface area is 160 Å². The van der Waals surface area contributed by atoms with E-state index in [0.29, 0.717) is 30.3 Å². The molecule has 1 heterocycles. The van der Waals surface area contributed by atoms with Crippen molar-refractivity contribution in [2.45, 2.75) is 37.2 Å². The molecular formula is C21H25NO4S. The molecule has 0 bridgehead atoms. The second-order valence-electron chi connectivity index (χ2n) is 7.24. The van der Waals surface area contributed by atoms with Gasteiger partial charge in [-0.15, -0.1) is 0 Å². The van der Waals surface area contributed by atoms with Crippen molar-refractivity contribution in [2.75, 3.05) is 19.3 Å². The van der Waals surface area contributed by atoms with E-state index in [4.69, 9.17) is 4.74 Å². The molecule has 2 aromatic rings. The number of amides is 1. The van der Waals surface area contributed by atoms with Gasteiger partial charge in [-0.2, -0.15) is 0 Å². The van der Waals surface area contributed by atoms with E-state index in [2.05, 4.69) is 12.1 Å². The molecule has 1 fully saturated rings. The van der Waals surface area contributed by atoms with E-state index >= 15 is 0 Å². The zero-order valence-corrected chi connectivity index (χ0v) is 16.7. The quantitative estimate of drug-likeness (QED) is 0.788. The summed E-state index contributed by atoms with van der Waals surface area (Å²) < 4.78 is 29.6. The van der Waals surface area contributed by atoms with Gasteiger partial charge in [0.05, 0.1) is 16.6 Å². The molecule has 0 aromatic heterocycles. The predicted octanol–water partition coefficient (Wildman–Crippen LogP) is 3.51. The average molecular weight is 388 g/mol. The molecule has 1 aliphatic heterocycles. The minimum absolute atomic E-state index is 0.115. The largest absolute Gasteiger partial charge is 0.490 e. The number of rotatable bonds is 5. The fourth-order valence-electron chi connectivity index (χ4n) is 3.38. The highest BCUT2D eigenvalue weighted by Gasteiger charge is 2.30. The molecule has 1 unspecified atom stereocenters. The van der Waals surface area contributed by atoms with E-state index in [-0.39, 0.29) is 16.9 Å². The lowest BCUT2D eigenvalue weighted by molar-refractivity contribution is 0.0784. The van der Waals surface area contributed by atoms with Gasteiger partial charge in [-0.3, -0.25) is 4.79 Å². The SMILES string of the molecule is CC(C)Oc1ccc(S(C)(=O)=O)cc1C(=O)N1CCC(c2ccccc2)C1. The lowest BCUT2D eigenvalue weighted by Crippen LogP contribution is -2.29. The van der Waals surface area contributed by atoms with Crippen LogP contribution in [0.5, 0.6) is 5.75 Å². The first-order chi connectivity index (χ1) is 12.8. The van der Waals surface area contributed by atoms with Crippen LogP contribution >= 0.6 is 0 Å². The zero-order chi connectivity index (χ0) is 19.6. The minimum Gasteiger partial charge on any atom is -0.490 e. The molecular weight excluding hydrogens is 362 g/mol. The number of benzene rings is 2. The maximum atomic E-state index is 13.2. The van der Waals surface area contributed by atoms with Gasteiger partial charge < -0.3 is 9.64 Å². The number of carbonyl (C=O) groups is 1. The van der Waals surface area contributed by atoms with E-state index in [9.17, 15) is 13.2 Å². The van der Waals surface area contributed by atoms with Crippen LogP contribution in [0.25, 0.3) is 0 Å². The van der Waals surface area contributed by atoms with Crippen LogP contribution in [0.1, 0.15) is 42.1 Å². The highest BCUT2D eigenvalue weighted by molar-refractivity contribution is 7.90. The Morgan fingerprint density at radius 2 is 1.85 bits per heavy atom. The summed E-state index contributed by atoms with van der Waals surface area (Å²) in [7, 11) is -3.41. The molecule has 1 aliphatic rings. The molecule has 144 valence electrons. The summed E-state index contributed by atoms with van der Waals surface area (Å²) in [6, 6.07) is 14.6. The Bertz CT molecular complexity index is 922. The van der Waals surface area contributed by atoms with Crippen LogP contribution in [-0.4, -0.2) is 44.7 Å². The van der Waals surface area contributed by atoms with Crippen LogP contribution in [0.15, 0.2) is 53.4 Å². The maximum Gasteiger partial charge on any atom is 0.257 e. The number of carbonyl (C=O) groups excluding carboxylic acids is 1. The average Bonchev–Trinajstić information content (AvgIpc) is 3.11. The first kappa shape index (κ1) is 19.4. The van der Waals surface area contributed by atoms with E-state index in [1.54, 1.807) is 11.0 Å². The summed E-state index contributed by atoms with van der Waals surface area (Å²) in [4.78, 5) is 15.1. The molecule has 3 rings (SSSR count). The van der Waals surface area contributed by atoms with Crippen molar-refractivity contribution in [3.05, 3.63) is 59.7 Å².